The van der Waals surface area contributed by atoms with Crippen molar-refractivity contribution >= 4 is 29.2 Å². The van der Waals surface area contributed by atoms with Gasteiger partial charge in [0.25, 0.3) is 0 Å². The van der Waals surface area contributed by atoms with Crippen LogP contribution in [0.3, 0.4) is 0 Å². The number of halogens is 1. The van der Waals surface area contributed by atoms with Crippen LogP contribution < -0.4 is 4.90 Å². The van der Waals surface area contributed by atoms with Crippen molar-refractivity contribution in [2.24, 2.45) is 0 Å². The Bertz CT molecular complexity index is 500. The third kappa shape index (κ3) is 3.95. The molecule has 1 fully saturated rings. The van der Waals surface area contributed by atoms with Crippen molar-refractivity contribution in [3.05, 3.63) is 29.3 Å². The number of hydrogen-bond donors (Lipinski definition) is 1. The monoisotopic (exact) mass is 297 g/mol. The predicted molar refractivity (Wildman–Crippen MR) is 75.0 cm³/mol. The van der Waals surface area contributed by atoms with Crippen molar-refractivity contribution in [2.45, 2.75) is 25.4 Å². The molecule has 0 spiro atoms. The average Bonchev–Trinajstić information content (AvgIpc) is 2.88. The smallest absolute Gasteiger partial charge is 0.323 e. The zero-order valence-electron chi connectivity index (χ0n) is 10.9. The van der Waals surface area contributed by atoms with Gasteiger partial charge in [0.1, 0.15) is 6.54 Å². The third-order valence-corrected chi connectivity index (χ3v) is 3.38. The Hall–Kier alpha value is -1.59. The molecule has 1 saturated heterocycles. The maximum Gasteiger partial charge on any atom is 0.323 e. The van der Waals surface area contributed by atoms with E-state index in [2.05, 4.69) is 0 Å². The maximum atomic E-state index is 12.3. The Balaban J connectivity index is 2.13. The Morgan fingerprint density at radius 1 is 1.45 bits per heavy atom. The second-order valence-electron chi connectivity index (χ2n) is 4.69. The summed E-state index contributed by atoms with van der Waals surface area (Å²) in [6, 6.07) is 6.61. The van der Waals surface area contributed by atoms with Crippen LogP contribution in [0.4, 0.5) is 5.69 Å². The normalized spacial score (nSPS) is 17.9. The first kappa shape index (κ1) is 14.8. The number of ether oxygens (including phenoxy) is 1. The molecule has 1 aromatic carbocycles. The Kier molecular flexibility index (Phi) is 4.98. The van der Waals surface area contributed by atoms with E-state index in [-0.39, 0.29) is 25.0 Å². The van der Waals surface area contributed by atoms with Gasteiger partial charge in [-0.3, -0.25) is 9.59 Å². The molecule has 0 aromatic heterocycles. The highest BCUT2D eigenvalue weighted by Gasteiger charge is 2.25. The number of hydrogen-bond acceptors (Lipinski definition) is 3. The first-order valence-electron chi connectivity index (χ1n) is 6.45. The first-order chi connectivity index (χ1) is 9.56. The summed E-state index contributed by atoms with van der Waals surface area (Å²) in [5, 5.41) is 9.43. The van der Waals surface area contributed by atoms with E-state index < -0.39 is 5.97 Å². The number of carboxylic acid groups (broad SMARTS) is 1. The fourth-order valence-electron chi connectivity index (χ4n) is 2.21. The standard InChI is InChI=1S/C14H16ClNO4/c15-10-3-1-4-11(7-10)16(9-14(18)19)13(17)8-12-5-2-6-20-12/h1,3-4,7,12H,2,5-6,8-9H2,(H,18,19). The molecule has 108 valence electrons. The second kappa shape index (κ2) is 6.72. The summed E-state index contributed by atoms with van der Waals surface area (Å²) in [7, 11) is 0. The van der Waals surface area contributed by atoms with Crippen molar-refractivity contribution in [2.75, 3.05) is 18.1 Å². The molecular formula is C14H16ClNO4. The molecule has 0 aliphatic carbocycles. The molecule has 1 aromatic rings. The molecule has 1 N–H and O–H groups in total. The number of nitrogens with zero attached hydrogens (tertiary/aromatic N) is 1. The summed E-state index contributed by atoms with van der Waals surface area (Å²) >= 11 is 5.89. The lowest BCUT2D eigenvalue weighted by atomic mass is 10.1. The number of aliphatic carboxylic acids is 1. The molecule has 1 aliphatic heterocycles. The molecule has 2 rings (SSSR count). The fourth-order valence-corrected chi connectivity index (χ4v) is 2.40. The van der Waals surface area contributed by atoms with Gasteiger partial charge in [-0.15, -0.1) is 0 Å². The van der Waals surface area contributed by atoms with Crippen LogP contribution in [0.1, 0.15) is 19.3 Å². The molecule has 0 radical (unpaired) electrons. The maximum absolute atomic E-state index is 12.3. The number of anilines is 1. The van der Waals surface area contributed by atoms with Gasteiger partial charge in [-0.2, -0.15) is 0 Å². The van der Waals surface area contributed by atoms with Crippen LogP contribution in [0, 0.1) is 0 Å². The lowest BCUT2D eigenvalue weighted by Gasteiger charge is -2.22. The second-order valence-corrected chi connectivity index (χ2v) is 5.13. The molecule has 1 unspecified atom stereocenters. The SMILES string of the molecule is O=C(O)CN(C(=O)CC1CCCO1)c1cccc(Cl)c1. The third-order valence-electron chi connectivity index (χ3n) is 3.14. The highest BCUT2D eigenvalue weighted by Crippen LogP contribution is 2.22. The highest BCUT2D eigenvalue weighted by molar-refractivity contribution is 6.30. The summed E-state index contributed by atoms with van der Waals surface area (Å²) < 4.78 is 5.42. The quantitative estimate of drug-likeness (QED) is 0.906. The highest BCUT2D eigenvalue weighted by atomic mass is 35.5. The van der Waals surface area contributed by atoms with Crippen molar-refractivity contribution in [3.63, 3.8) is 0 Å². The number of carbonyl (C=O) groups is 2. The fraction of sp³-hybridized carbons (Fsp3) is 0.429. The van der Waals surface area contributed by atoms with Gasteiger partial charge in [0.2, 0.25) is 5.91 Å². The molecule has 6 heteroatoms. The summed E-state index contributed by atoms with van der Waals surface area (Å²) in [4.78, 5) is 24.5. The van der Waals surface area contributed by atoms with Gasteiger partial charge in [-0.05, 0) is 31.0 Å². The van der Waals surface area contributed by atoms with Crippen LogP contribution in [-0.4, -0.2) is 36.2 Å². The molecule has 0 saturated carbocycles. The largest absolute Gasteiger partial charge is 0.480 e. The number of carbonyl (C=O) groups excluding carboxylic acids is 1. The zero-order chi connectivity index (χ0) is 14.5. The van der Waals surface area contributed by atoms with Gasteiger partial charge in [0.05, 0.1) is 12.5 Å². The van der Waals surface area contributed by atoms with Gasteiger partial charge < -0.3 is 14.7 Å². The Morgan fingerprint density at radius 3 is 2.85 bits per heavy atom. The zero-order valence-corrected chi connectivity index (χ0v) is 11.7. The van der Waals surface area contributed by atoms with Crippen molar-refractivity contribution < 1.29 is 19.4 Å². The number of benzene rings is 1. The van der Waals surface area contributed by atoms with E-state index in [1.807, 2.05) is 0 Å². The van der Waals surface area contributed by atoms with Gasteiger partial charge in [-0.25, -0.2) is 0 Å². The molecule has 1 aliphatic rings. The van der Waals surface area contributed by atoms with Crippen molar-refractivity contribution in [3.8, 4) is 0 Å². The lowest BCUT2D eigenvalue weighted by molar-refractivity contribution is -0.137. The summed E-state index contributed by atoms with van der Waals surface area (Å²) in [6.07, 6.45) is 1.86. The molecule has 1 atom stereocenters. The average molecular weight is 298 g/mol. The van der Waals surface area contributed by atoms with Crippen LogP contribution in [0.2, 0.25) is 5.02 Å². The van der Waals surface area contributed by atoms with Crippen LogP contribution >= 0.6 is 11.6 Å². The minimum absolute atomic E-state index is 0.113. The van der Waals surface area contributed by atoms with Crippen molar-refractivity contribution in [1.82, 2.24) is 0 Å². The first-order valence-corrected chi connectivity index (χ1v) is 6.83. The Labute approximate surface area is 122 Å². The predicted octanol–water partition coefficient (Wildman–Crippen LogP) is 2.33. The summed E-state index contributed by atoms with van der Waals surface area (Å²) in [5.41, 5.74) is 0.489. The van der Waals surface area contributed by atoms with Crippen molar-refractivity contribution in [1.29, 1.82) is 0 Å². The minimum atomic E-state index is -1.06. The van der Waals surface area contributed by atoms with E-state index in [1.165, 1.54) is 4.90 Å². The molecule has 5 nitrogen and oxygen atoms in total. The van der Waals surface area contributed by atoms with E-state index in [4.69, 9.17) is 21.4 Å². The van der Waals surface area contributed by atoms with Crippen LogP contribution in [0.5, 0.6) is 0 Å². The topological polar surface area (TPSA) is 66.8 Å². The lowest BCUT2D eigenvalue weighted by Crippen LogP contribution is -2.37. The van der Waals surface area contributed by atoms with Gasteiger partial charge in [0.15, 0.2) is 0 Å². The van der Waals surface area contributed by atoms with E-state index in [9.17, 15) is 9.59 Å². The number of rotatable bonds is 5. The molecule has 1 heterocycles. The Morgan fingerprint density at radius 2 is 2.25 bits per heavy atom. The van der Waals surface area contributed by atoms with E-state index in [1.54, 1.807) is 24.3 Å². The van der Waals surface area contributed by atoms with E-state index in [0.717, 1.165) is 12.8 Å². The van der Waals surface area contributed by atoms with Gasteiger partial charge in [-0.1, -0.05) is 17.7 Å². The molecular weight excluding hydrogens is 282 g/mol. The summed E-state index contributed by atoms with van der Waals surface area (Å²) in [5.74, 6) is -1.33. The number of amides is 1. The van der Waals surface area contributed by atoms with Crippen LogP contribution in [0.15, 0.2) is 24.3 Å². The van der Waals surface area contributed by atoms with Gasteiger partial charge in [0, 0.05) is 17.3 Å². The van der Waals surface area contributed by atoms with Crippen LogP contribution in [-0.2, 0) is 14.3 Å². The van der Waals surface area contributed by atoms with Gasteiger partial charge >= 0.3 is 5.97 Å². The summed E-state index contributed by atoms with van der Waals surface area (Å²) in [6.45, 7) is 0.278. The number of carboxylic acids is 1. The molecule has 20 heavy (non-hydrogen) atoms. The molecule has 1 amide bonds. The van der Waals surface area contributed by atoms with E-state index >= 15 is 0 Å². The molecule has 0 bridgehead atoms. The van der Waals surface area contributed by atoms with Crippen LogP contribution in [0.25, 0.3) is 0 Å². The van der Waals surface area contributed by atoms with E-state index in [0.29, 0.717) is 17.3 Å². The minimum Gasteiger partial charge on any atom is -0.480 e.